The summed E-state index contributed by atoms with van der Waals surface area (Å²) in [7, 11) is -7.60. The Hall–Kier alpha value is -3.54. The van der Waals surface area contributed by atoms with Crippen molar-refractivity contribution in [1.82, 2.24) is 30.5 Å². The Labute approximate surface area is 246 Å². The molecule has 4 rings (SSSR count). The summed E-state index contributed by atoms with van der Waals surface area (Å²) in [5.41, 5.74) is 4.88. The number of aromatic nitrogens is 2. The minimum absolute atomic E-state index is 0.0516. The summed E-state index contributed by atoms with van der Waals surface area (Å²) in [5, 5.41) is 0. The maximum atomic E-state index is 11.9. The van der Waals surface area contributed by atoms with Crippen LogP contribution in [0.4, 0.5) is 0 Å². The van der Waals surface area contributed by atoms with Crippen molar-refractivity contribution in [2.45, 2.75) is 9.79 Å². The van der Waals surface area contributed by atoms with E-state index in [0.717, 1.165) is 8.95 Å². The Morgan fingerprint density at radius 2 is 0.825 bits per heavy atom. The monoisotopic (exact) mass is 710 g/mol. The molecule has 2 aromatic heterocycles. The second kappa shape index (κ2) is 14.2. The van der Waals surface area contributed by atoms with E-state index in [9.17, 15) is 26.4 Å². The standard InChI is InChI=1S/2C12H10BrN3O3S/c2*13-10-1-3-11(4-2-10)20(18,19)16-15-12(17)9-5-7-14-8-6-9/h2*1-8,16H,(H,15,17). The highest BCUT2D eigenvalue weighted by Gasteiger charge is 2.16. The van der Waals surface area contributed by atoms with E-state index in [2.05, 4.69) is 52.7 Å². The van der Waals surface area contributed by atoms with Crippen molar-refractivity contribution >= 4 is 63.7 Å². The number of carbonyl (C=O) groups excluding carboxylic acids is 2. The molecule has 0 bridgehead atoms. The number of nitrogens with one attached hydrogen (secondary N) is 4. The minimum atomic E-state index is -3.80. The first-order valence-corrected chi connectivity index (χ1v) is 15.5. The highest BCUT2D eigenvalue weighted by molar-refractivity contribution is 9.10. The van der Waals surface area contributed by atoms with E-state index < -0.39 is 31.9 Å². The first-order valence-electron chi connectivity index (χ1n) is 10.9. The van der Waals surface area contributed by atoms with Crippen molar-refractivity contribution in [2.75, 3.05) is 0 Å². The Bertz CT molecular complexity index is 1530. The van der Waals surface area contributed by atoms with E-state index in [-0.39, 0.29) is 9.79 Å². The van der Waals surface area contributed by atoms with Crippen molar-refractivity contribution in [2.24, 2.45) is 0 Å². The molecule has 4 aromatic rings. The molecule has 0 unspecified atom stereocenters. The highest BCUT2D eigenvalue weighted by Crippen LogP contribution is 2.15. The number of hydrogen-bond acceptors (Lipinski definition) is 8. The summed E-state index contributed by atoms with van der Waals surface area (Å²) in [4.78, 5) is 35.1. The zero-order valence-electron chi connectivity index (χ0n) is 20.2. The average molecular weight is 712 g/mol. The van der Waals surface area contributed by atoms with Crippen LogP contribution in [0.3, 0.4) is 0 Å². The second-order valence-electron chi connectivity index (χ2n) is 7.50. The number of hydrogen-bond donors (Lipinski definition) is 4. The number of benzene rings is 2. The van der Waals surface area contributed by atoms with E-state index in [1.54, 1.807) is 24.3 Å². The molecule has 0 fully saturated rings. The molecule has 0 radical (unpaired) electrons. The van der Waals surface area contributed by atoms with Crippen molar-refractivity contribution < 1.29 is 26.4 Å². The average Bonchev–Trinajstić information content (AvgIpc) is 2.96. The van der Waals surface area contributed by atoms with Crippen LogP contribution < -0.4 is 20.5 Å². The number of hydrazine groups is 2. The van der Waals surface area contributed by atoms with Gasteiger partial charge in [-0.3, -0.25) is 30.4 Å². The van der Waals surface area contributed by atoms with Crippen LogP contribution in [-0.4, -0.2) is 38.6 Å². The fourth-order valence-electron chi connectivity index (χ4n) is 2.72. The fraction of sp³-hybridized carbons (Fsp3) is 0. The predicted octanol–water partition coefficient (Wildman–Crippen LogP) is 2.93. The molecule has 2 heterocycles. The van der Waals surface area contributed by atoms with Crippen molar-refractivity contribution in [1.29, 1.82) is 0 Å². The van der Waals surface area contributed by atoms with Gasteiger partial charge in [0.05, 0.1) is 9.79 Å². The summed E-state index contributed by atoms with van der Waals surface area (Å²) in [6.07, 6.45) is 5.77. The van der Waals surface area contributed by atoms with Gasteiger partial charge in [-0.2, -0.15) is 0 Å². The quantitative estimate of drug-likeness (QED) is 0.202. The van der Waals surface area contributed by atoms with Gasteiger partial charge in [-0.1, -0.05) is 31.9 Å². The topological polar surface area (TPSA) is 176 Å². The van der Waals surface area contributed by atoms with Crippen LogP contribution in [0.25, 0.3) is 0 Å². The third-order valence-corrected chi connectivity index (χ3v) is 8.32. The number of carbonyl (C=O) groups is 2. The van der Waals surface area contributed by atoms with Gasteiger partial charge in [-0.15, -0.1) is 9.66 Å². The number of nitrogens with zero attached hydrogens (tertiary/aromatic N) is 2. The number of amides is 2. The SMILES string of the molecule is O=C(NNS(=O)(=O)c1ccc(Br)cc1)c1ccncc1.O=C(NNS(=O)(=O)c1ccc(Br)cc1)c1ccncc1. The van der Waals surface area contributed by atoms with Gasteiger partial charge < -0.3 is 0 Å². The van der Waals surface area contributed by atoms with Crippen molar-refractivity contribution in [3.05, 3.63) is 118 Å². The van der Waals surface area contributed by atoms with Gasteiger partial charge in [-0.25, -0.2) is 16.8 Å². The molecule has 0 saturated carbocycles. The van der Waals surface area contributed by atoms with Gasteiger partial charge in [0.15, 0.2) is 0 Å². The van der Waals surface area contributed by atoms with E-state index in [1.807, 2.05) is 9.66 Å². The molecule has 0 saturated heterocycles. The Morgan fingerprint density at radius 1 is 0.525 bits per heavy atom. The number of pyridine rings is 2. The molecule has 16 heteroatoms. The number of sulfonamides is 2. The maximum absolute atomic E-state index is 11.9. The maximum Gasteiger partial charge on any atom is 0.266 e. The lowest BCUT2D eigenvalue weighted by Gasteiger charge is -2.08. The molecule has 208 valence electrons. The first kappa shape index (κ1) is 31.0. The molecule has 0 aliphatic heterocycles. The van der Waals surface area contributed by atoms with Gasteiger partial charge in [0.25, 0.3) is 31.9 Å². The fourth-order valence-corrected chi connectivity index (χ4v) is 4.93. The third kappa shape index (κ3) is 9.29. The molecule has 0 atom stereocenters. The lowest BCUT2D eigenvalue weighted by molar-refractivity contribution is 0.0937. The van der Waals surface area contributed by atoms with E-state index in [1.165, 1.54) is 73.3 Å². The van der Waals surface area contributed by atoms with Gasteiger partial charge in [0.1, 0.15) is 0 Å². The highest BCUT2D eigenvalue weighted by atomic mass is 79.9. The third-order valence-electron chi connectivity index (χ3n) is 4.73. The zero-order chi connectivity index (χ0) is 29.2. The molecule has 0 spiro atoms. The smallest absolute Gasteiger partial charge is 0.266 e. The number of halogens is 2. The van der Waals surface area contributed by atoms with Gasteiger partial charge in [0.2, 0.25) is 0 Å². The van der Waals surface area contributed by atoms with Crippen LogP contribution in [-0.2, 0) is 20.0 Å². The molecule has 0 aliphatic carbocycles. The lowest BCUT2D eigenvalue weighted by Crippen LogP contribution is -2.41. The predicted molar refractivity (Wildman–Crippen MR) is 152 cm³/mol. The Balaban J connectivity index is 0.000000220. The van der Waals surface area contributed by atoms with Gasteiger partial charge in [-0.05, 0) is 72.8 Å². The molecule has 2 amide bonds. The number of rotatable bonds is 8. The largest absolute Gasteiger partial charge is 0.273 e. The van der Waals surface area contributed by atoms with E-state index >= 15 is 0 Å². The molecule has 12 nitrogen and oxygen atoms in total. The zero-order valence-corrected chi connectivity index (χ0v) is 25.0. The van der Waals surface area contributed by atoms with Crippen LogP contribution in [0.1, 0.15) is 20.7 Å². The summed E-state index contributed by atoms with van der Waals surface area (Å²) in [6.45, 7) is 0. The van der Waals surface area contributed by atoms with Crippen LogP contribution in [0.2, 0.25) is 0 Å². The summed E-state index contributed by atoms with van der Waals surface area (Å²) < 4.78 is 49.2. The van der Waals surface area contributed by atoms with Crippen molar-refractivity contribution in [3.8, 4) is 0 Å². The van der Waals surface area contributed by atoms with Crippen LogP contribution in [0.5, 0.6) is 0 Å². The molecule has 40 heavy (non-hydrogen) atoms. The van der Waals surface area contributed by atoms with Crippen LogP contribution in [0.15, 0.2) is 116 Å². The lowest BCUT2D eigenvalue weighted by atomic mass is 10.3. The normalized spacial score (nSPS) is 11.1. The minimum Gasteiger partial charge on any atom is -0.273 e. The van der Waals surface area contributed by atoms with Crippen LogP contribution in [0, 0.1) is 0 Å². The molecular formula is C24H20Br2N6O6S2. The Kier molecular flexibility index (Phi) is 11.0. The molecular weight excluding hydrogens is 692 g/mol. The molecule has 2 aromatic carbocycles. The van der Waals surface area contributed by atoms with E-state index in [0.29, 0.717) is 11.1 Å². The summed E-state index contributed by atoms with van der Waals surface area (Å²) >= 11 is 6.43. The summed E-state index contributed by atoms with van der Waals surface area (Å²) in [6, 6.07) is 18.0. The van der Waals surface area contributed by atoms with E-state index in [4.69, 9.17) is 0 Å². The molecule has 0 aliphatic rings. The van der Waals surface area contributed by atoms with Crippen LogP contribution >= 0.6 is 31.9 Å². The first-order chi connectivity index (χ1) is 19.0. The Morgan fingerprint density at radius 3 is 1.12 bits per heavy atom. The molecule has 4 N–H and O–H groups in total. The van der Waals surface area contributed by atoms with Gasteiger partial charge >= 0.3 is 0 Å². The second-order valence-corrected chi connectivity index (χ2v) is 12.7. The summed E-state index contributed by atoms with van der Waals surface area (Å²) in [5.74, 6) is -1.12. The van der Waals surface area contributed by atoms with Crippen molar-refractivity contribution in [3.63, 3.8) is 0 Å². The van der Waals surface area contributed by atoms with Gasteiger partial charge in [0, 0.05) is 44.9 Å².